The molecule has 2 aliphatic heterocycles. The zero-order valence-electron chi connectivity index (χ0n) is 16.9. The number of carbonyl (C=O) groups excluding carboxylic acids is 1. The largest absolute Gasteiger partial charge is 0.457 e. The molecule has 0 aliphatic carbocycles. The van der Waals surface area contributed by atoms with Crippen LogP contribution in [0.3, 0.4) is 0 Å². The number of carbonyl (C=O) groups is 1. The van der Waals surface area contributed by atoms with Crippen molar-refractivity contribution in [3.63, 3.8) is 0 Å². The van der Waals surface area contributed by atoms with Gasteiger partial charge >= 0.3 is 0 Å². The molecule has 2 unspecified atom stereocenters. The Balaban J connectivity index is 1.60. The Morgan fingerprint density at radius 1 is 1.10 bits per heavy atom. The van der Waals surface area contributed by atoms with E-state index >= 15 is 0 Å². The monoisotopic (exact) mass is 444 g/mol. The van der Waals surface area contributed by atoms with Gasteiger partial charge in [-0.1, -0.05) is 43.8 Å². The summed E-state index contributed by atoms with van der Waals surface area (Å²) >= 11 is 1.39. The summed E-state index contributed by atoms with van der Waals surface area (Å²) in [6.07, 6.45) is 0.370. The van der Waals surface area contributed by atoms with Gasteiger partial charge in [0.2, 0.25) is 5.91 Å². The van der Waals surface area contributed by atoms with Gasteiger partial charge in [0.05, 0.1) is 17.5 Å². The molecule has 2 aliphatic rings. The lowest BCUT2D eigenvalue weighted by atomic mass is 10.1. The van der Waals surface area contributed by atoms with E-state index in [1.165, 1.54) is 11.8 Å². The maximum Gasteiger partial charge on any atom is 0.248 e. The lowest BCUT2D eigenvalue weighted by Crippen LogP contribution is -2.37. The molecule has 1 amide bonds. The van der Waals surface area contributed by atoms with Crippen LogP contribution in [-0.4, -0.2) is 42.3 Å². The van der Waals surface area contributed by atoms with Crippen LogP contribution in [0.4, 0.5) is 5.69 Å². The van der Waals surface area contributed by atoms with E-state index in [2.05, 4.69) is 4.99 Å². The lowest BCUT2D eigenvalue weighted by Gasteiger charge is -2.24. The summed E-state index contributed by atoms with van der Waals surface area (Å²) in [7, 11) is -3.09. The van der Waals surface area contributed by atoms with E-state index in [9.17, 15) is 13.2 Å². The van der Waals surface area contributed by atoms with Crippen LogP contribution in [0, 0.1) is 5.92 Å². The van der Waals surface area contributed by atoms with Gasteiger partial charge in [-0.15, -0.1) is 0 Å². The predicted octanol–water partition coefficient (Wildman–Crippen LogP) is 4.13. The number of nitrogens with zero attached hydrogens (tertiary/aromatic N) is 2. The maximum atomic E-state index is 12.3. The zero-order valence-corrected chi connectivity index (χ0v) is 18.5. The summed E-state index contributed by atoms with van der Waals surface area (Å²) in [4.78, 5) is 18.6. The fourth-order valence-electron chi connectivity index (χ4n) is 3.67. The molecule has 2 heterocycles. The molecule has 2 aromatic carbocycles. The van der Waals surface area contributed by atoms with Crippen molar-refractivity contribution in [2.45, 2.75) is 31.6 Å². The van der Waals surface area contributed by atoms with Crippen LogP contribution in [0.15, 0.2) is 59.6 Å². The van der Waals surface area contributed by atoms with E-state index in [1.807, 2.05) is 73.3 Å². The molecule has 2 atom stereocenters. The van der Waals surface area contributed by atoms with Gasteiger partial charge in [-0.3, -0.25) is 4.79 Å². The van der Waals surface area contributed by atoms with E-state index in [0.29, 0.717) is 17.3 Å². The highest BCUT2D eigenvalue weighted by atomic mass is 32.2. The normalized spacial score (nSPS) is 23.7. The van der Waals surface area contributed by atoms with Gasteiger partial charge in [-0.2, -0.15) is 4.99 Å². The molecule has 2 aromatic rings. The highest BCUT2D eigenvalue weighted by Gasteiger charge is 2.49. The molecular weight excluding hydrogens is 420 g/mol. The molecule has 0 spiro atoms. The minimum atomic E-state index is -3.09. The van der Waals surface area contributed by atoms with Gasteiger partial charge in [0.1, 0.15) is 11.5 Å². The number of sulfone groups is 1. The van der Waals surface area contributed by atoms with Crippen LogP contribution in [0.25, 0.3) is 0 Å². The van der Waals surface area contributed by atoms with Gasteiger partial charge in [-0.05, 0) is 42.3 Å². The molecule has 0 radical (unpaired) electrons. The minimum Gasteiger partial charge on any atom is -0.457 e. The Kier molecular flexibility index (Phi) is 5.88. The SMILES string of the molecule is CC(C)CC(=O)N=C1SC2CS(=O)(=O)CC2N1c1ccc(Oc2ccccc2)cc1. The second-order valence-corrected chi connectivity index (χ2v) is 11.3. The molecule has 4 rings (SSSR count). The fourth-order valence-corrected chi connectivity index (χ4v) is 7.60. The average Bonchev–Trinajstić information content (AvgIpc) is 3.13. The second-order valence-electron chi connectivity index (χ2n) is 7.97. The number of fused-ring (bicyclic) bond motifs is 1. The van der Waals surface area contributed by atoms with Crippen molar-refractivity contribution in [1.29, 1.82) is 0 Å². The summed E-state index contributed by atoms with van der Waals surface area (Å²) in [5, 5.41) is 0.475. The van der Waals surface area contributed by atoms with Crippen LogP contribution < -0.4 is 9.64 Å². The molecule has 0 N–H and O–H groups in total. The lowest BCUT2D eigenvalue weighted by molar-refractivity contribution is -0.118. The third kappa shape index (κ3) is 4.70. The zero-order chi connectivity index (χ0) is 21.3. The summed E-state index contributed by atoms with van der Waals surface area (Å²) in [5.74, 6) is 1.66. The number of thioether (sulfide) groups is 1. The first kappa shape index (κ1) is 20.9. The minimum absolute atomic E-state index is 0.0737. The number of amides is 1. The predicted molar refractivity (Wildman–Crippen MR) is 121 cm³/mol. The number of ether oxygens (including phenoxy) is 1. The molecule has 2 saturated heterocycles. The topological polar surface area (TPSA) is 76.0 Å². The molecule has 2 fully saturated rings. The van der Waals surface area contributed by atoms with Crippen molar-refractivity contribution in [3.05, 3.63) is 54.6 Å². The smallest absolute Gasteiger partial charge is 0.248 e. The van der Waals surface area contributed by atoms with Crippen molar-refractivity contribution < 1.29 is 17.9 Å². The molecule has 8 heteroatoms. The molecule has 0 aromatic heterocycles. The van der Waals surface area contributed by atoms with Crippen LogP contribution in [0.1, 0.15) is 20.3 Å². The summed E-state index contributed by atoms with van der Waals surface area (Å²) in [6, 6.07) is 16.7. The van der Waals surface area contributed by atoms with Gasteiger partial charge < -0.3 is 9.64 Å². The number of amidine groups is 1. The number of rotatable bonds is 5. The van der Waals surface area contributed by atoms with Crippen molar-refractivity contribution in [2.75, 3.05) is 16.4 Å². The number of hydrogen-bond acceptors (Lipinski definition) is 5. The first-order valence-electron chi connectivity index (χ1n) is 9.91. The second kappa shape index (κ2) is 8.43. The van der Waals surface area contributed by atoms with E-state index < -0.39 is 9.84 Å². The molecule has 30 heavy (non-hydrogen) atoms. The van der Waals surface area contributed by atoms with E-state index in [1.54, 1.807) is 0 Å². The summed E-state index contributed by atoms with van der Waals surface area (Å²) < 4.78 is 30.2. The van der Waals surface area contributed by atoms with Gasteiger partial charge in [0, 0.05) is 17.4 Å². The van der Waals surface area contributed by atoms with Gasteiger partial charge in [0.15, 0.2) is 15.0 Å². The van der Waals surface area contributed by atoms with Crippen molar-refractivity contribution in [3.8, 4) is 11.5 Å². The highest BCUT2D eigenvalue weighted by Crippen LogP contribution is 2.41. The summed E-state index contributed by atoms with van der Waals surface area (Å²) in [5.41, 5.74) is 0.809. The fraction of sp³-hybridized carbons (Fsp3) is 0.364. The highest BCUT2D eigenvalue weighted by molar-refractivity contribution is 8.16. The van der Waals surface area contributed by atoms with Crippen LogP contribution in [0.2, 0.25) is 0 Å². The molecule has 0 bridgehead atoms. The van der Waals surface area contributed by atoms with Crippen molar-refractivity contribution in [2.24, 2.45) is 10.9 Å². The Morgan fingerprint density at radius 2 is 1.77 bits per heavy atom. The van der Waals surface area contributed by atoms with Crippen molar-refractivity contribution in [1.82, 2.24) is 0 Å². The van der Waals surface area contributed by atoms with Crippen LogP contribution >= 0.6 is 11.8 Å². The van der Waals surface area contributed by atoms with Crippen molar-refractivity contribution >= 4 is 38.4 Å². The van der Waals surface area contributed by atoms with E-state index in [4.69, 9.17) is 4.74 Å². The van der Waals surface area contributed by atoms with Crippen LogP contribution in [0.5, 0.6) is 11.5 Å². The Labute approximate surface area is 181 Å². The first-order chi connectivity index (χ1) is 14.3. The standard InChI is InChI=1S/C22H24N2O4S2/c1-15(2)12-21(25)23-22-24(19-13-30(26,27)14-20(19)29-22)16-8-10-18(11-9-16)28-17-6-4-3-5-7-17/h3-11,15,19-20H,12-14H2,1-2H3. The molecule has 6 nitrogen and oxygen atoms in total. The van der Waals surface area contributed by atoms with Gasteiger partial charge in [0.25, 0.3) is 0 Å². The summed E-state index contributed by atoms with van der Waals surface area (Å²) in [6.45, 7) is 3.95. The number of aliphatic imine (C=N–C) groups is 1. The quantitative estimate of drug-likeness (QED) is 0.690. The Hall–Kier alpha value is -2.32. The number of hydrogen-bond donors (Lipinski definition) is 0. The first-order valence-corrected chi connectivity index (χ1v) is 12.6. The van der Waals surface area contributed by atoms with E-state index in [0.717, 1.165) is 11.4 Å². The van der Waals surface area contributed by atoms with Crippen LogP contribution in [-0.2, 0) is 14.6 Å². The number of benzene rings is 2. The average molecular weight is 445 g/mol. The maximum absolute atomic E-state index is 12.3. The van der Waals surface area contributed by atoms with E-state index in [-0.39, 0.29) is 34.6 Å². The Bertz CT molecular complexity index is 1050. The molecule has 0 saturated carbocycles. The van der Waals surface area contributed by atoms with Gasteiger partial charge in [-0.25, -0.2) is 8.42 Å². The third-order valence-electron chi connectivity index (χ3n) is 4.96. The Morgan fingerprint density at radius 3 is 2.43 bits per heavy atom. The molecule has 158 valence electrons. The third-order valence-corrected chi connectivity index (χ3v) is 8.17. The number of para-hydroxylation sites is 1. The molecular formula is C22H24N2O4S2. The number of anilines is 1.